The lowest BCUT2D eigenvalue weighted by atomic mass is 9.70. The second kappa shape index (κ2) is 19.3. The third-order valence-electron chi connectivity index (χ3n) is 13.1. The van der Waals surface area contributed by atoms with Gasteiger partial charge >= 0.3 is 5.97 Å². The Morgan fingerprint density at radius 3 is 2.25 bits per heavy atom. The Labute approximate surface area is 330 Å². The van der Waals surface area contributed by atoms with Gasteiger partial charge in [0.25, 0.3) is 0 Å². The predicted molar refractivity (Wildman–Crippen MR) is 201 cm³/mol. The van der Waals surface area contributed by atoms with Gasteiger partial charge < -0.3 is 58.0 Å². The molecule has 14 heteroatoms. The molecule has 19 atom stereocenters. The molecule has 14 nitrogen and oxygen atoms in total. The molecule has 0 spiro atoms. The number of fused-ring (bicyclic) bond motifs is 5. The Bertz CT molecular complexity index is 1420. The summed E-state index contributed by atoms with van der Waals surface area (Å²) in [6.45, 7) is 5.27. The summed E-state index contributed by atoms with van der Waals surface area (Å²) in [6, 6.07) is 0. The van der Waals surface area contributed by atoms with Gasteiger partial charge in [0.05, 0.1) is 31.3 Å². The van der Waals surface area contributed by atoms with Gasteiger partial charge in [0.2, 0.25) is 0 Å². The van der Waals surface area contributed by atoms with Crippen molar-refractivity contribution in [2.75, 3.05) is 35.0 Å². The van der Waals surface area contributed by atoms with Crippen LogP contribution in [-0.4, -0.2) is 142 Å². The molecule has 4 fully saturated rings. The van der Waals surface area contributed by atoms with E-state index in [0.717, 1.165) is 19.3 Å². The molecule has 0 aromatic carbocycles. The van der Waals surface area contributed by atoms with Gasteiger partial charge in [-0.25, -0.2) is 0 Å². The van der Waals surface area contributed by atoms with Crippen molar-refractivity contribution in [2.24, 2.45) is 35.5 Å². The summed E-state index contributed by atoms with van der Waals surface area (Å²) in [5, 5.41) is 31.7. The highest BCUT2D eigenvalue weighted by Crippen LogP contribution is 2.54. The normalized spacial score (nSPS) is 46.0. The third-order valence-corrected chi connectivity index (χ3v) is 13.1. The first-order valence-corrected chi connectivity index (χ1v) is 20.5. The van der Waals surface area contributed by atoms with Gasteiger partial charge in [-0.3, -0.25) is 9.59 Å². The van der Waals surface area contributed by atoms with Crippen LogP contribution in [0.3, 0.4) is 0 Å². The van der Waals surface area contributed by atoms with Crippen molar-refractivity contribution in [1.29, 1.82) is 0 Å². The number of ether oxygens (including phenoxy) is 9. The van der Waals surface area contributed by atoms with Crippen molar-refractivity contribution in [1.82, 2.24) is 0 Å². The zero-order chi connectivity index (χ0) is 40.3. The van der Waals surface area contributed by atoms with Crippen molar-refractivity contribution >= 4 is 11.8 Å². The van der Waals surface area contributed by atoms with E-state index in [0.29, 0.717) is 24.8 Å². The molecule has 56 heavy (non-hydrogen) atoms. The molecule has 316 valence electrons. The fourth-order valence-corrected chi connectivity index (χ4v) is 10.2. The molecule has 3 heterocycles. The van der Waals surface area contributed by atoms with Gasteiger partial charge in [-0.05, 0) is 80.8 Å². The van der Waals surface area contributed by atoms with Crippen LogP contribution in [-0.2, 0) is 52.2 Å². The van der Waals surface area contributed by atoms with E-state index in [-0.39, 0.29) is 66.3 Å². The van der Waals surface area contributed by atoms with E-state index in [4.69, 9.17) is 42.6 Å². The van der Waals surface area contributed by atoms with Crippen LogP contribution in [0.25, 0.3) is 0 Å². The summed E-state index contributed by atoms with van der Waals surface area (Å²) in [6.07, 6.45) is 4.87. The average Bonchev–Trinajstić information content (AvgIpc) is 3.77. The van der Waals surface area contributed by atoms with E-state index in [1.807, 2.05) is 32.9 Å². The van der Waals surface area contributed by atoms with Crippen molar-refractivity contribution in [3.05, 3.63) is 36.0 Å². The molecule has 0 unspecified atom stereocenters. The third kappa shape index (κ3) is 8.91. The quantitative estimate of drug-likeness (QED) is 0.206. The molecule has 0 aromatic heterocycles. The minimum Gasteiger partial charge on any atom is -0.458 e. The number of cyclic esters (lactones) is 1. The Kier molecular flexibility index (Phi) is 15.0. The maximum Gasteiger partial charge on any atom is 0.307 e. The molecule has 3 aliphatic carbocycles. The molecule has 0 radical (unpaired) electrons. The Morgan fingerprint density at radius 1 is 0.839 bits per heavy atom. The van der Waals surface area contributed by atoms with Crippen molar-refractivity contribution < 1.29 is 67.5 Å². The van der Waals surface area contributed by atoms with E-state index in [9.17, 15) is 24.9 Å². The second-order valence-electron chi connectivity index (χ2n) is 16.4. The van der Waals surface area contributed by atoms with Crippen LogP contribution in [0.1, 0.15) is 65.7 Å². The van der Waals surface area contributed by atoms with Crippen molar-refractivity contribution in [2.45, 2.75) is 145 Å². The number of allylic oxidation sites excluding steroid dienone is 5. The number of hydrogen-bond acceptors (Lipinski definition) is 14. The number of aliphatic hydroxyl groups excluding tert-OH is 3. The first-order chi connectivity index (χ1) is 27.0. The molecular formula is C42H64O14. The Hall–Kier alpha value is -2.08. The number of aliphatic hydroxyl groups is 3. The van der Waals surface area contributed by atoms with E-state index < -0.39 is 73.8 Å². The lowest BCUT2D eigenvalue weighted by Crippen LogP contribution is -2.60. The predicted octanol–water partition coefficient (Wildman–Crippen LogP) is 3.04. The maximum atomic E-state index is 14.7. The number of methoxy groups -OCH3 is 4. The van der Waals surface area contributed by atoms with Crippen LogP contribution in [0.4, 0.5) is 0 Å². The van der Waals surface area contributed by atoms with Crippen molar-refractivity contribution in [3.8, 4) is 0 Å². The molecule has 3 aliphatic heterocycles. The summed E-state index contributed by atoms with van der Waals surface area (Å²) in [7, 11) is 6.24. The fraction of sp³-hybridized carbons (Fsp3) is 0.810. The van der Waals surface area contributed by atoms with E-state index in [1.165, 1.54) is 7.11 Å². The van der Waals surface area contributed by atoms with Crippen LogP contribution in [0.5, 0.6) is 0 Å². The summed E-state index contributed by atoms with van der Waals surface area (Å²) in [5.74, 6) is -1.24. The molecule has 0 bridgehead atoms. The minimum atomic E-state index is -1.37. The van der Waals surface area contributed by atoms with E-state index in [2.05, 4.69) is 18.2 Å². The second-order valence-corrected chi connectivity index (χ2v) is 16.4. The average molecular weight is 793 g/mol. The lowest BCUT2D eigenvalue weighted by molar-refractivity contribution is -0.317. The highest BCUT2D eigenvalue weighted by Gasteiger charge is 2.53. The Balaban J connectivity index is 1.25. The van der Waals surface area contributed by atoms with Crippen molar-refractivity contribution in [3.63, 3.8) is 0 Å². The zero-order valence-corrected chi connectivity index (χ0v) is 33.8. The van der Waals surface area contributed by atoms with E-state index in [1.54, 1.807) is 21.3 Å². The molecule has 3 N–H and O–H groups in total. The van der Waals surface area contributed by atoms with Crippen LogP contribution in [0.15, 0.2) is 36.0 Å². The number of carbonyl (C=O) groups is 2. The monoisotopic (exact) mass is 792 g/mol. The lowest BCUT2D eigenvalue weighted by Gasteiger charge is -2.44. The largest absolute Gasteiger partial charge is 0.458 e. The number of carbonyl (C=O) groups excluding carboxylic acids is 2. The summed E-state index contributed by atoms with van der Waals surface area (Å²) in [5.41, 5.74) is 0.593. The van der Waals surface area contributed by atoms with Gasteiger partial charge in [-0.1, -0.05) is 38.2 Å². The zero-order valence-electron chi connectivity index (χ0n) is 33.8. The summed E-state index contributed by atoms with van der Waals surface area (Å²) in [4.78, 5) is 28.4. The number of rotatable bonds is 11. The molecule has 3 saturated heterocycles. The summed E-state index contributed by atoms with van der Waals surface area (Å²) >= 11 is 0. The molecular weight excluding hydrogens is 728 g/mol. The first kappa shape index (κ1) is 43.5. The topological polar surface area (TPSA) is 178 Å². The van der Waals surface area contributed by atoms with Crippen LogP contribution in [0.2, 0.25) is 0 Å². The molecule has 1 saturated carbocycles. The van der Waals surface area contributed by atoms with Gasteiger partial charge in [0.1, 0.15) is 48.8 Å². The standard InChI is InChI=1S/C42H64O14/c1-8-9-11-24-12-10-13-31(55-41-36(47)38(49-5)35(46)32(20-43)56-41)21(2)34(45)30-18-28-26(29(30)19-33(44)53-24)15-14-23-16-25(17-27(23)28)54-42-40(51-7)39(50-6)37(48-4)22(3)52-42/h9,11,14-15,18,21-29,31-32,35-43,46-47H,8,10,12-13,16-17,19-20H2,1-7H3/b11-9+/t21-,22+,23-,24+,25-,26-,27-,28-,29+,31+,32-,35-,36-,37+,38+,39-,40-,41-,42+/m1/s1. The fourth-order valence-electron chi connectivity index (χ4n) is 10.2. The smallest absolute Gasteiger partial charge is 0.307 e. The molecule has 0 aromatic rings. The number of ketones is 1. The number of esters is 1. The Morgan fingerprint density at radius 2 is 1.57 bits per heavy atom. The molecule has 6 rings (SSSR count). The summed E-state index contributed by atoms with van der Waals surface area (Å²) < 4.78 is 54.0. The molecule has 0 amide bonds. The molecule has 6 aliphatic rings. The van der Waals surface area contributed by atoms with Crippen LogP contribution >= 0.6 is 0 Å². The van der Waals surface area contributed by atoms with Gasteiger partial charge in [0, 0.05) is 40.3 Å². The highest BCUT2D eigenvalue weighted by molar-refractivity contribution is 5.99. The number of hydrogen-bond donors (Lipinski definition) is 3. The minimum absolute atomic E-state index is 0.00499. The highest BCUT2D eigenvalue weighted by atomic mass is 16.7. The van der Waals surface area contributed by atoms with Gasteiger partial charge in [-0.15, -0.1) is 0 Å². The SMILES string of the molecule is CC/C=C/[C@H]1CCC[C@H](O[C@@H]2O[C@H](CO)[C@@H](O)[C@H](OC)[C@H]2O)[C@@H](C)C(=O)C2=C[C@@H]3[C@@H](C=C[C@@H]4C[C@@H](O[C@@H]5O[C@@H](C)[C@H](OC)[C@@H](OC)[C@H]5OC)C[C@@H]34)[C@@H]2CC(=O)O1. The van der Waals surface area contributed by atoms with Gasteiger partial charge in [-0.2, -0.15) is 0 Å². The first-order valence-electron chi connectivity index (χ1n) is 20.5. The van der Waals surface area contributed by atoms with E-state index >= 15 is 0 Å². The number of Topliss-reactive ketones (excluding diaryl/α,β-unsaturated/α-hetero) is 1. The van der Waals surface area contributed by atoms with Crippen LogP contribution in [0, 0.1) is 35.5 Å². The van der Waals surface area contributed by atoms with Gasteiger partial charge in [0.15, 0.2) is 18.4 Å². The van der Waals surface area contributed by atoms with Crippen LogP contribution < -0.4 is 0 Å². The maximum absolute atomic E-state index is 14.7.